The molecular weight excluding hydrogens is 508 g/mol. The van der Waals surface area contributed by atoms with E-state index in [1.54, 1.807) is 26.6 Å². The molecule has 4 aliphatic heterocycles. The second-order valence-corrected chi connectivity index (χ2v) is 10.5. The van der Waals surface area contributed by atoms with Crippen molar-refractivity contribution in [1.82, 2.24) is 30.0 Å². The van der Waals surface area contributed by atoms with Crippen LogP contribution >= 0.6 is 11.6 Å². The molecule has 3 saturated heterocycles. The normalized spacial score (nSPS) is 28.7. The summed E-state index contributed by atoms with van der Waals surface area (Å²) in [5.74, 6) is -0.883. The third-order valence-electron chi connectivity index (χ3n) is 7.97. The van der Waals surface area contributed by atoms with Crippen LogP contribution in [0.15, 0.2) is 66.7 Å². The fraction of sp³-hybridized carbons (Fsp3) is 0.370. The Kier molecular flexibility index (Phi) is 5.57. The monoisotopic (exact) mass is 532 g/mol. The van der Waals surface area contributed by atoms with Gasteiger partial charge >= 0.3 is 0 Å². The summed E-state index contributed by atoms with van der Waals surface area (Å²) in [4.78, 5) is 31.5. The molecule has 1 aromatic heterocycles. The van der Waals surface area contributed by atoms with Gasteiger partial charge in [-0.15, -0.1) is 5.10 Å². The predicted octanol–water partition coefficient (Wildman–Crippen LogP) is 2.05. The van der Waals surface area contributed by atoms with Crippen LogP contribution in [0.4, 0.5) is 0 Å². The Balaban J connectivity index is 1.28. The standard InChI is InChI=1S/C27H25ClN6O4/c28-18-6-8-19(9-7-18)34-24(29-30-31-34)23(17-4-2-1-3-5-17)33-16-27-11-10-20(38-27)21(22(27)26(33)36)25(35)32-12-14-37-15-13-32/h1-11,20-23H,12-16H2/t20-,21+,22-,23+,27+/m1/s1. The maximum Gasteiger partial charge on any atom is 0.230 e. The van der Waals surface area contributed by atoms with Crippen molar-refractivity contribution in [3.8, 4) is 5.69 Å². The highest BCUT2D eigenvalue weighted by Gasteiger charge is 2.68. The number of carbonyl (C=O) groups excluding carboxylic acids is 2. The molecule has 7 rings (SSSR count). The van der Waals surface area contributed by atoms with Gasteiger partial charge in [-0.1, -0.05) is 54.1 Å². The third-order valence-corrected chi connectivity index (χ3v) is 8.23. The fourth-order valence-electron chi connectivity index (χ4n) is 6.26. The van der Waals surface area contributed by atoms with E-state index in [0.29, 0.717) is 43.7 Å². The van der Waals surface area contributed by atoms with Gasteiger partial charge in [-0.25, -0.2) is 0 Å². The van der Waals surface area contributed by atoms with Crippen molar-refractivity contribution in [2.45, 2.75) is 17.7 Å². The lowest BCUT2D eigenvalue weighted by Crippen LogP contribution is -2.49. The molecule has 2 aromatic carbocycles. The van der Waals surface area contributed by atoms with E-state index < -0.39 is 29.6 Å². The smallest absolute Gasteiger partial charge is 0.230 e. The van der Waals surface area contributed by atoms with Gasteiger partial charge in [0.25, 0.3) is 0 Å². The molecule has 10 nitrogen and oxygen atoms in total. The van der Waals surface area contributed by atoms with Crippen molar-refractivity contribution in [2.24, 2.45) is 11.8 Å². The van der Waals surface area contributed by atoms with Crippen LogP contribution < -0.4 is 0 Å². The van der Waals surface area contributed by atoms with Crippen molar-refractivity contribution in [2.75, 3.05) is 32.8 Å². The Hall–Kier alpha value is -3.60. The third kappa shape index (κ3) is 3.58. The largest absolute Gasteiger partial charge is 0.378 e. The van der Waals surface area contributed by atoms with Gasteiger partial charge in [-0.05, 0) is 40.3 Å². The summed E-state index contributed by atoms with van der Waals surface area (Å²) < 4.78 is 13.5. The lowest BCUT2D eigenvalue weighted by molar-refractivity contribution is -0.146. The molecule has 5 atom stereocenters. The van der Waals surface area contributed by atoms with Crippen LogP contribution in [-0.2, 0) is 19.1 Å². The topological polar surface area (TPSA) is 103 Å². The van der Waals surface area contributed by atoms with Crippen LogP contribution in [-0.4, -0.2) is 86.4 Å². The van der Waals surface area contributed by atoms with E-state index in [1.807, 2.05) is 54.6 Å². The number of hydrogen-bond donors (Lipinski definition) is 0. The number of nitrogens with zero attached hydrogens (tertiary/aromatic N) is 6. The van der Waals surface area contributed by atoms with Crippen LogP contribution in [0.2, 0.25) is 5.02 Å². The number of morpholine rings is 1. The molecule has 0 N–H and O–H groups in total. The molecule has 0 saturated carbocycles. The molecule has 4 aliphatic rings. The van der Waals surface area contributed by atoms with Gasteiger partial charge < -0.3 is 19.3 Å². The molecule has 2 amide bonds. The fourth-order valence-corrected chi connectivity index (χ4v) is 6.38. The summed E-state index contributed by atoms with van der Waals surface area (Å²) in [6, 6.07) is 16.3. The summed E-state index contributed by atoms with van der Waals surface area (Å²) in [7, 11) is 0. The molecule has 2 bridgehead atoms. The van der Waals surface area contributed by atoms with Crippen LogP contribution in [0, 0.1) is 11.8 Å². The van der Waals surface area contributed by atoms with Crippen molar-refractivity contribution < 1.29 is 19.1 Å². The lowest BCUT2D eigenvalue weighted by atomic mass is 9.76. The Morgan fingerprint density at radius 1 is 1.08 bits per heavy atom. The number of ether oxygens (including phenoxy) is 2. The molecule has 5 heterocycles. The first-order valence-electron chi connectivity index (χ1n) is 12.7. The zero-order valence-electron chi connectivity index (χ0n) is 20.4. The minimum atomic E-state index is -0.861. The molecule has 3 aromatic rings. The number of tetrazole rings is 1. The molecule has 0 radical (unpaired) electrons. The average Bonchev–Trinajstić information content (AvgIpc) is 3.72. The Morgan fingerprint density at radius 2 is 1.84 bits per heavy atom. The highest BCUT2D eigenvalue weighted by Crippen LogP contribution is 2.54. The predicted molar refractivity (Wildman–Crippen MR) is 135 cm³/mol. The van der Waals surface area contributed by atoms with Crippen molar-refractivity contribution in [3.05, 3.63) is 83.2 Å². The van der Waals surface area contributed by atoms with E-state index in [9.17, 15) is 9.59 Å². The van der Waals surface area contributed by atoms with Crippen molar-refractivity contribution in [1.29, 1.82) is 0 Å². The second kappa shape index (κ2) is 9.00. The van der Waals surface area contributed by atoms with E-state index in [4.69, 9.17) is 21.1 Å². The number of carbonyl (C=O) groups is 2. The number of rotatable bonds is 5. The zero-order valence-corrected chi connectivity index (χ0v) is 21.1. The minimum Gasteiger partial charge on any atom is -0.378 e. The number of amides is 2. The quantitative estimate of drug-likeness (QED) is 0.463. The van der Waals surface area contributed by atoms with Gasteiger partial charge in [0.05, 0.1) is 43.4 Å². The molecule has 38 heavy (non-hydrogen) atoms. The summed E-state index contributed by atoms with van der Waals surface area (Å²) in [5.41, 5.74) is 0.717. The first-order chi connectivity index (χ1) is 18.6. The van der Waals surface area contributed by atoms with Gasteiger partial charge in [0, 0.05) is 18.1 Å². The number of aromatic nitrogens is 4. The molecule has 1 spiro atoms. The number of hydrogen-bond acceptors (Lipinski definition) is 7. The van der Waals surface area contributed by atoms with Crippen LogP contribution in [0.25, 0.3) is 5.69 Å². The number of fused-ring (bicyclic) bond motifs is 1. The second-order valence-electron chi connectivity index (χ2n) is 10.0. The van der Waals surface area contributed by atoms with E-state index in [2.05, 4.69) is 15.5 Å². The van der Waals surface area contributed by atoms with Gasteiger partial charge in [0.2, 0.25) is 11.8 Å². The maximum atomic E-state index is 14.3. The summed E-state index contributed by atoms with van der Waals surface area (Å²) in [6.45, 7) is 2.33. The number of benzene rings is 2. The van der Waals surface area contributed by atoms with Crippen LogP contribution in [0.3, 0.4) is 0 Å². The summed E-state index contributed by atoms with van der Waals surface area (Å²) in [5, 5.41) is 13.2. The van der Waals surface area contributed by atoms with E-state index in [-0.39, 0.29) is 11.8 Å². The first-order valence-corrected chi connectivity index (χ1v) is 13.1. The molecule has 11 heteroatoms. The molecular formula is C27H25ClN6O4. The van der Waals surface area contributed by atoms with Gasteiger partial charge in [-0.3, -0.25) is 9.59 Å². The molecule has 0 unspecified atom stereocenters. The maximum absolute atomic E-state index is 14.3. The van der Waals surface area contributed by atoms with Gasteiger partial charge in [0.1, 0.15) is 11.6 Å². The Bertz CT molecular complexity index is 1410. The highest BCUT2D eigenvalue weighted by molar-refractivity contribution is 6.30. The lowest BCUT2D eigenvalue weighted by Gasteiger charge is -2.33. The molecule has 0 aliphatic carbocycles. The van der Waals surface area contributed by atoms with E-state index in [0.717, 1.165) is 11.3 Å². The van der Waals surface area contributed by atoms with Gasteiger partial charge in [-0.2, -0.15) is 4.68 Å². The molecule has 194 valence electrons. The first kappa shape index (κ1) is 23.5. The Morgan fingerprint density at radius 3 is 2.61 bits per heavy atom. The van der Waals surface area contributed by atoms with E-state index >= 15 is 0 Å². The van der Waals surface area contributed by atoms with E-state index in [1.165, 1.54) is 0 Å². The summed E-state index contributed by atoms with van der Waals surface area (Å²) >= 11 is 6.11. The number of likely N-dealkylation sites (tertiary alicyclic amines) is 1. The van der Waals surface area contributed by atoms with Crippen molar-refractivity contribution in [3.63, 3.8) is 0 Å². The minimum absolute atomic E-state index is 0.0491. The highest BCUT2D eigenvalue weighted by atomic mass is 35.5. The average molecular weight is 533 g/mol. The van der Waals surface area contributed by atoms with Crippen molar-refractivity contribution >= 4 is 23.4 Å². The van der Waals surface area contributed by atoms with Crippen LogP contribution in [0.1, 0.15) is 17.4 Å². The van der Waals surface area contributed by atoms with Gasteiger partial charge in [0.15, 0.2) is 5.82 Å². The SMILES string of the molecule is O=C([C@H]1[C@H]2C=C[C@@]3(CN([C@@H](c4ccccc4)c4nnnn4-c4ccc(Cl)cc4)C(=O)[C@@H]13)O2)N1CCOCC1. The Labute approximate surface area is 223 Å². The van der Waals surface area contributed by atoms with Crippen LogP contribution in [0.5, 0.6) is 0 Å². The number of halogens is 1. The summed E-state index contributed by atoms with van der Waals surface area (Å²) in [6.07, 6.45) is 3.50. The molecule has 3 fully saturated rings. The zero-order chi connectivity index (χ0) is 25.9.